The molecule has 0 aliphatic carbocycles. The normalized spacial score (nSPS) is 25.2. The van der Waals surface area contributed by atoms with Gasteiger partial charge in [0.2, 0.25) is 11.8 Å². The Morgan fingerprint density at radius 3 is 2.59 bits per heavy atom. The van der Waals surface area contributed by atoms with Gasteiger partial charge < -0.3 is 24.4 Å². The second-order valence-electron chi connectivity index (χ2n) is 8.93. The fraction of sp³-hybridized carbons (Fsp3) is 0.565. The van der Waals surface area contributed by atoms with Crippen molar-refractivity contribution >= 4 is 11.9 Å². The van der Waals surface area contributed by atoms with E-state index in [9.17, 15) is 9.59 Å². The quantitative estimate of drug-likeness (QED) is 0.784. The van der Waals surface area contributed by atoms with Gasteiger partial charge in [-0.15, -0.1) is 0 Å². The fourth-order valence-corrected chi connectivity index (χ4v) is 5.23. The largest absolute Gasteiger partial charge is 0.366 e. The number of carbonyl (C=O) groups is 2. The van der Waals surface area contributed by atoms with Crippen LogP contribution in [0.15, 0.2) is 34.9 Å². The molecule has 3 atom stereocenters. The molecule has 3 aliphatic rings. The third-order valence-corrected chi connectivity index (χ3v) is 6.86. The second-order valence-corrected chi connectivity index (χ2v) is 8.93. The van der Waals surface area contributed by atoms with Crippen LogP contribution in [0.4, 0.5) is 4.79 Å². The van der Waals surface area contributed by atoms with Gasteiger partial charge in [0.1, 0.15) is 6.61 Å². The van der Waals surface area contributed by atoms with Crippen molar-refractivity contribution in [2.45, 2.75) is 44.2 Å². The van der Waals surface area contributed by atoms with Crippen LogP contribution in [0.25, 0.3) is 0 Å². The highest BCUT2D eigenvalue weighted by molar-refractivity contribution is 5.79. The number of amides is 3. The summed E-state index contributed by atoms with van der Waals surface area (Å²) in [4.78, 5) is 33.2. The number of carbonyl (C=O) groups excluding carboxylic acids is 2. The monoisotopic (exact) mass is 439 g/mol. The van der Waals surface area contributed by atoms with Gasteiger partial charge in [-0.25, -0.2) is 4.79 Å². The number of morpholine rings is 1. The number of nitrogens with zero attached hydrogens (tertiary/aromatic N) is 4. The number of rotatable bonds is 3. The van der Waals surface area contributed by atoms with E-state index in [1.54, 1.807) is 0 Å². The molecular weight excluding hydrogens is 410 g/mol. The first-order chi connectivity index (χ1) is 15.6. The molecule has 9 nitrogen and oxygen atoms in total. The molecule has 0 saturated carbocycles. The number of benzene rings is 1. The molecule has 1 aromatic heterocycles. The molecule has 3 saturated heterocycles. The molecule has 32 heavy (non-hydrogen) atoms. The van der Waals surface area contributed by atoms with E-state index < -0.39 is 0 Å². The molecular formula is C23H29N5O4. The lowest BCUT2D eigenvalue weighted by Gasteiger charge is -2.43. The lowest BCUT2D eigenvalue weighted by Crippen LogP contribution is -2.62. The number of hydrogen-bond acceptors (Lipinski definition) is 6. The van der Waals surface area contributed by atoms with Crippen LogP contribution < -0.4 is 5.32 Å². The zero-order chi connectivity index (χ0) is 22.1. The van der Waals surface area contributed by atoms with Crippen molar-refractivity contribution in [2.75, 3.05) is 32.8 Å². The molecule has 0 bridgehead atoms. The van der Waals surface area contributed by atoms with Gasteiger partial charge in [0.25, 0.3) is 0 Å². The SMILES string of the molecule is Cc1nc(C(c2ccccc2)C2CCN(C(=O)N3CC[C@@H]4OCC(=O)N[C@@H]4C3)CC2)no1. The van der Waals surface area contributed by atoms with Gasteiger partial charge in [0.05, 0.1) is 18.1 Å². The van der Waals surface area contributed by atoms with Gasteiger partial charge in [-0.05, 0) is 30.7 Å². The maximum atomic E-state index is 13.2. The average molecular weight is 440 g/mol. The van der Waals surface area contributed by atoms with E-state index in [0.717, 1.165) is 19.3 Å². The highest BCUT2D eigenvalue weighted by Gasteiger charge is 2.39. The topological polar surface area (TPSA) is 101 Å². The van der Waals surface area contributed by atoms with Crippen LogP contribution in [0.2, 0.25) is 0 Å². The summed E-state index contributed by atoms with van der Waals surface area (Å²) in [6, 6.07) is 10.2. The maximum Gasteiger partial charge on any atom is 0.320 e. The molecule has 9 heteroatoms. The van der Waals surface area contributed by atoms with Crippen molar-refractivity contribution in [2.24, 2.45) is 5.92 Å². The number of aryl methyl sites for hydroxylation is 1. The Labute approximate surface area is 187 Å². The summed E-state index contributed by atoms with van der Waals surface area (Å²) in [5, 5.41) is 7.19. The van der Waals surface area contributed by atoms with Crippen molar-refractivity contribution in [3.05, 3.63) is 47.6 Å². The minimum atomic E-state index is -0.115. The highest BCUT2D eigenvalue weighted by Crippen LogP contribution is 2.37. The molecule has 3 aliphatic heterocycles. The van der Waals surface area contributed by atoms with Crippen LogP contribution in [0.5, 0.6) is 0 Å². The van der Waals surface area contributed by atoms with Crippen LogP contribution in [0.1, 0.15) is 42.5 Å². The van der Waals surface area contributed by atoms with E-state index >= 15 is 0 Å². The number of hydrogen-bond donors (Lipinski definition) is 1. The van der Waals surface area contributed by atoms with Gasteiger partial charge in [-0.3, -0.25) is 4.79 Å². The van der Waals surface area contributed by atoms with E-state index in [2.05, 4.69) is 27.6 Å². The molecule has 1 N–H and O–H groups in total. The Morgan fingerprint density at radius 2 is 1.88 bits per heavy atom. The van der Waals surface area contributed by atoms with E-state index in [1.807, 2.05) is 34.9 Å². The van der Waals surface area contributed by atoms with Crippen LogP contribution in [-0.2, 0) is 9.53 Å². The third-order valence-electron chi connectivity index (χ3n) is 6.86. The molecule has 5 rings (SSSR count). The predicted molar refractivity (Wildman–Crippen MR) is 115 cm³/mol. The van der Waals surface area contributed by atoms with Crippen LogP contribution >= 0.6 is 0 Å². The zero-order valence-corrected chi connectivity index (χ0v) is 18.3. The van der Waals surface area contributed by atoms with Crippen molar-refractivity contribution in [1.82, 2.24) is 25.3 Å². The lowest BCUT2D eigenvalue weighted by molar-refractivity contribution is -0.139. The first-order valence-electron chi connectivity index (χ1n) is 11.4. The van der Waals surface area contributed by atoms with Gasteiger partial charge in [-0.1, -0.05) is 35.5 Å². The molecule has 2 aromatic rings. The van der Waals surface area contributed by atoms with Crippen molar-refractivity contribution in [3.8, 4) is 0 Å². The van der Waals surface area contributed by atoms with Crippen LogP contribution in [-0.4, -0.2) is 76.8 Å². The Balaban J connectivity index is 1.24. The number of fused-ring (bicyclic) bond motifs is 1. The number of likely N-dealkylation sites (tertiary alicyclic amines) is 2. The smallest absolute Gasteiger partial charge is 0.320 e. The molecule has 3 fully saturated rings. The molecule has 1 aromatic carbocycles. The lowest BCUT2D eigenvalue weighted by atomic mass is 9.79. The minimum Gasteiger partial charge on any atom is -0.366 e. The molecule has 4 heterocycles. The number of nitrogens with one attached hydrogen (secondary N) is 1. The second kappa shape index (κ2) is 8.90. The summed E-state index contributed by atoms with van der Waals surface area (Å²) in [6.07, 6.45) is 2.50. The first-order valence-corrected chi connectivity index (χ1v) is 11.4. The Kier molecular flexibility index (Phi) is 5.82. The fourth-order valence-electron chi connectivity index (χ4n) is 5.23. The number of piperidine rings is 2. The summed E-state index contributed by atoms with van der Waals surface area (Å²) < 4.78 is 10.9. The van der Waals surface area contributed by atoms with Gasteiger partial charge in [0, 0.05) is 33.1 Å². The minimum absolute atomic E-state index is 0.00698. The van der Waals surface area contributed by atoms with Crippen molar-refractivity contribution < 1.29 is 18.8 Å². The number of ether oxygens (including phenoxy) is 1. The molecule has 0 spiro atoms. The Hall–Kier alpha value is -2.94. The van der Waals surface area contributed by atoms with Gasteiger partial charge >= 0.3 is 6.03 Å². The highest BCUT2D eigenvalue weighted by atomic mass is 16.5. The van der Waals surface area contributed by atoms with E-state index in [4.69, 9.17) is 9.26 Å². The van der Waals surface area contributed by atoms with Crippen molar-refractivity contribution in [1.29, 1.82) is 0 Å². The molecule has 3 amide bonds. The summed E-state index contributed by atoms with van der Waals surface area (Å²) in [6.45, 7) is 4.47. The van der Waals surface area contributed by atoms with Gasteiger partial charge in [0.15, 0.2) is 5.82 Å². The maximum absolute atomic E-state index is 13.2. The summed E-state index contributed by atoms with van der Waals surface area (Å²) in [5.74, 6) is 1.56. The van der Waals surface area contributed by atoms with E-state index in [0.29, 0.717) is 43.8 Å². The Bertz CT molecular complexity index is 956. The first kappa shape index (κ1) is 20.9. The molecule has 170 valence electrons. The van der Waals surface area contributed by atoms with E-state index in [-0.39, 0.29) is 36.6 Å². The van der Waals surface area contributed by atoms with Gasteiger partial charge in [-0.2, -0.15) is 4.98 Å². The Morgan fingerprint density at radius 1 is 1.12 bits per heavy atom. The zero-order valence-electron chi connectivity index (χ0n) is 18.3. The molecule has 1 unspecified atom stereocenters. The summed E-state index contributed by atoms with van der Waals surface area (Å²) in [5.41, 5.74) is 1.17. The summed E-state index contributed by atoms with van der Waals surface area (Å²) >= 11 is 0. The number of aromatic nitrogens is 2. The average Bonchev–Trinajstić information content (AvgIpc) is 3.25. The van der Waals surface area contributed by atoms with Crippen LogP contribution in [0, 0.1) is 12.8 Å². The summed E-state index contributed by atoms with van der Waals surface area (Å²) in [7, 11) is 0. The molecule has 0 radical (unpaired) electrons. The standard InChI is InChI=1S/C23H29N5O4/c1-15-24-22(26-32-15)21(16-5-3-2-4-6-16)17-7-10-27(11-8-17)23(30)28-12-9-19-18(13-28)25-20(29)14-31-19/h2-6,17-19,21H,7-14H2,1H3,(H,25,29)/t18-,19+,21?/m1/s1. The van der Waals surface area contributed by atoms with Crippen molar-refractivity contribution in [3.63, 3.8) is 0 Å². The number of urea groups is 1. The third kappa shape index (κ3) is 4.21. The van der Waals surface area contributed by atoms with Crippen LogP contribution in [0.3, 0.4) is 0 Å². The van der Waals surface area contributed by atoms with E-state index in [1.165, 1.54) is 5.56 Å². The predicted octanol–water partition coefficient (Wildman–Crippen LogP) is 1.93.